The summed E-state index contributed by atoms with van der Waals surface area (Å²) in [7, 11) is 0. The van der Waals surface area contributed by atoms with Gasteiger partial charge in [-0.2, -0.15) is 0 Å². The van der Waals surface area contributed by atoms with Crippen LogP contribution in [0.2, 0.25) is 0 Å². The van der Waals surface area contributed by atoms with Crippen molar-refractivity contribution < 1.29 is 14.3 Å². The van der Waals surface area contributed by atoms with Gasteiger partial charge in [0.25, 0.3) is 0 Å². The molecule has 0 atom stereocenters. The van der Waals surface area contributed by atoms with Gasteiger partial charge in [0, 0.05) is 5.70 Å². The number of esters is 1. The second-order valence-electron chi connectivity index (χ2n) is 4.24. The first kappa shape index (κ1) is 12.4. The molecule has 0 unspecified atom stereocenters. The molecule has 1 saturated heterocycles. The van der Waals surface area contributed by atoms with E-state index in [1.54, 1.807) is 6.92 Å². The third kappa shape index (κ3) is 2.61. The van der Waals surface area contributed by atoms with Crippen LogP contribution in [0.3, 0.4) is 0 Å². The molecule has 5 heteroatoms. The van der Waals surface area contributed by atoms with Crippen LogP contribution in [0.4, 0.5) is 4.79 Å². The minimum atomic E-state index is -0.393. The largest absolute Gasteiger partial charge is 0.465 e. The molecule has 1 heterocycles. The molecule has 0 bridgehead atoms. The van der Waals surface area contributed by atoms with Crippen molar-refractivity contribution in [3.05, 3.63) is 35.6 Å². The van der Waals surface area contributed by atoms with E-state index >= 15 is 0 Å². The Morgan fingerprint density at radius 2 is 2.39 bits per heavy atom. The molecule has 96 valence electrons. The lowest BCUT2D eigenvalue weighted by Gasteiger charge is -2.32. The highest BCUT2D eigenvalue weighted by molar-refractivity contribution is 5.84. The Kier molecular flexibility index (Phi) is 3.50. The highest BCUT2D eigenvalue weighted by Gasteiger charge is 2.27. The first-order valence-electron chi connectivity index (χ1n) is 5.90. The molecule has 2 aliphatic rings. The van der Waals surface area contributed by atoms with Crippen molar-refractivity contribution in [3.63, 3.8) is 0 Å². The summed E-state index contributed by atoms with van der Waals surface area (Å²) in [6.45, 7) is 6.33. The maximum atomic E-state index is 11.8. The van der Waals surface area contributed by atoms with Gasteiger partial charge >= 0.3 is 12.0 Å². The molecule has 1 N–H and O–H groups in total. The summed E-state index contributed by atoms with van der Waals surface area (Å²) in [4.78, 5) is 24.6. The smallest absolute Gasteiger partial charge is 0.325 e. The van der Waals surface area contributed by atoms with Gasteiger partial charge in [0.15, 0.2) is 0 Å². The van der Waals surface area contributed by atoms with Crippen LogP contribution in [0.5, 0.6) is 0 Å². The zero-order valence-corrected chi connectivity index (χ0v) is 10.4. The summed E-state index contributed by atoms with van der Waals surface area (Å²) >= 11 is 0. The van der Waals surface area contributed by atoms with E-state index in [1.165, 1.54) is 4.90 Å². The van der Waals surface area contributed by atoms with Gasteiger partial charge in [0.2, 0.25) is 0 Å². The first-order chi connectivity index (χ1) is 8.60. The second kappa shape index (κ2) is 5.08. The van der Waals surface area contributed by atoms with Crippen molar-refractivity contribution in [1.29, 1.82) is 0 Å². The molecule has 0 aromatic rings. The summed E-state index contributed by atoms with van der Waals surface area (Å²) in [6.07, 6.45) is 4.64. The van der Waals surface area contributed by atoms with Crippen molar-refractivity contribution in [1.82, 2.24) is 10.2 Å². The van der Waals surface area contributed by atoms with E-state index < -0.39 is 5.97 Å². The topological polar surface area (TPSA) is 58.6 Å². The third-order valence-electron chi connectivity index (χ3n) is 2.81. The summed E-state index contributed by atoms with van der Waals surface area (Å²) in [5.74, 6) is -0.393. The van der Waals surface area contributed by atoms with E-state index in [0.717, 1.165) is 23.3 Å². The number of carbonyl (C=O) groups excluding carboxylic acids is 2. The number of hydrogen-bond acceptors (Lipinski definition) is 3. The lowest BCUT2D eigenvalue weighted by Crippen LogP contribution is -2.49. The SMILES string of the molecule is C=C1C=C2CN(CC(=O)OCC)C(=O)NC2=CC1. The zero-order chi connectivity index (χ0) is 13.1. The quantitative estimate of drug-likeness (QED) is 0.767. The van der Waals surface area contributed by atoms with E-state index in [-0.39, 0.29) is 12.6 Å². The van der Waals surface area contributed by atoms with Crippen molar-refractivity contribution in [2.45, 2.75) is 13.3 Å². The van der Waals surface area contributed by atoms with Gasteiger partial charge in [0.05, 0.1) is 13.2 Å². The predicted molar refractivity (Wildman–Crippen MR) is 66.7 cm³/mol. The van der Waals surface area contributed by atoms with Crippen LogP contribution in [0.25, 0.3) is 0 Å². The van der Waals surface area contributed by atoms with E-state index in [2.05, 4.69) is 11.9 Å². The Morgan fingerprint density at radius 1 is 1.61 bits per heavy atom. The summed E-state index contributed by atoms with van der Waals surface area (Å²) in [5, 5.41) is 2.77. The Hall–Kier alpha value is -2.04. The number of nitrogens with one attached hydrogen (secondary N) is 1. The lowest BCUT2D eigenvalue weighted by molar-refractivity contribution is -0.143. The van der Waals surface area contributed by atoms with Gasteiger partial charge in [-0.3, -0.25) is 4.79 Å². The van der Waals surface area contributed by atoms with Crippen molar-refractivity contribution in [3.8, 4) is 0 Å². The molecule has 1 aliphatic heterocycles. The fourth-order valence-corrected chi connectivity index (χ4v) is 1.97. The molecule has 1 aliphatic carbocycles. The molecule has 18 heavy (non-hydrogen) atoms. The monoisotopic (exact) mass is 248 g/mol. The molecule has 0 radical (unpaired) electrons. The number of hydrogen-bond donors (Lipinski definition) is 1. The van der Waals surface area contributed by atoms with Crippen molar-refractivity contribution >= 4 is 12.0 Å². The van der Waals surface area contributed by atoms with E-state index in [1.807, 2.05) is 12.2 Å². The average Bonchev–Trinajstić information content (AvgIpc) is 2.31. The molecule has 1 fully saturated rings. The number of carbonyl (C=O) groups is 2. The second-order valence-corrected chi connectivity index (χ2v) is 4.24. The van der Waals surface area contributed by atoms with Crippen molar-refractivity contribution in [2.75, 3.05) is 19.7 Å². The molecular formula is C13H16N2O3. The van der Waals surface area contributed by atoms with E-state index in [0.29, 0.717) is 13.2 Å². The van der Waals surface area contributed by atoms with Crippen molar-refractivity contribution in [2.24, 2.45) is 0 Å². The van der Waals surface area contributed by atoms with Gasteiger partial charge in [-0.1, -0.05) is 24.3 Å². The highest BCUT2D eigenvalue weighted by atomic mass is 16.5. The maximum absolute atomic E-state index is 11.8. The molecule has 0 saturated carbocycles. The van der Waals surface area contributed by atoms with Crippen LogP contribution in [0, 0.1) is 0 Å². The molecule has 0 spiro atoms. The molecule has 5 nitrogen and oxygen atoms in total. The van der Waals surface area contributed by atoms with Gasteiger partial charge in [-0.25, -0.2) is 4.79 Å². The van der Waals surface area contributed by atoms with Crippen LogP contribution in [0.1, 0.15) is 13.3 Å². The molecule has 2 rings (SSSR count). The minimum Gasteiger partial charge on any atom is -0.465 e. The molecule has 0 aromatic carbocycles. The zero-order valence-electron chi connectivity index (χ0n) is 10.4. The standard InChI is InChI=1S/C13H16N2O3/c1-3-18-12(16)8-15-7-10-6-9(2)4-5-11(10)14-13(15)17/h5-6H,2-4,7-8H2,1H3,(H,14,17). The summed E-state index contributed by atoms with van der Waals surface area (Å²) in [6, 6.07) is -0.265. The number of nitrogens with zero attached hydrogens (tertiary/aromatic N) is 1. The third-order valence-corrected chi connectivity index (χ3v) is 2.81. The first-order valence-corrected chi connectivity index (χ1v) is 5.90. The Labute approximate surface area is 106 Å². The normalized spacial score (nSPS) is 18.6. The average molecular weight is 248 g/mol. The van der Waals surface area contributed by atoms with Crippen LogP contribution in [0.15, 0.2) is 35.6 Å². The fourth-order valence-electron chi connectivity index (χ4n) is 1.97. The van der Waals surface area contributed by atoms with Crippen LogP contribution in [-0.2, 0) is 9.53 Å². The van der Waals surface area contributed by atoms with Gasteiger partial charge in [-0.15, -0.1) is 0 Å². The van der Waals surface area contributed by atoms with E-state index in [9.17, 15) is 9.59 Å². The highest BCUT2D eigenvalue weighted by Crippen LogP contribution is 2.23. The minimum absolute atomic E-state index is 0.0310. The molecule has 2 amide bonds. The number of allylic oxidation sites excluding steroid dienone is 3. The van der Waals surface area contributed by atoms with Crippen LogP contribution < -0.4 is 5.32 Å². The Balaban J connectivity index is 2.06. The van der Waals surface area contributed by atoms with Crippen LogP contribution in [-0.4, -0.2) is 36.6 Å². The van der Waals surface area contributed by atoms with Gasteiger partial charge < -0.3 is 15.0 Å². The summed E-state index contributed by atoms with van der Waals surface area (Å²) < 4.78 is 4.84. The van der Waals surface area contributed by atoms with Gasteiger partial charge in [0.1, 0.15) is 6.54 Å². The van der Waals surface area contributed by atoms with Gasteiger partial charge in [-0.05, 0) is 18.9 Å². The fraction of sp³-hybridized carbons (Fsp3) is 0.385. The Bertz CT molecular complexity index is 463. The summed E-state index contributed by atoms with van der Waals surface area (Å²) in [5.41, 5.74) is 2.81. The maximum Gasteiger partial charge on any atom is 0.325 e. The molecule has 0 aromatic heterocycles. The Morgan fingerprint density at radius 3 is 3.11 bits per heavy atom. The van der Waals surface area contributed by atoms with E-state index in [4.69, 9.17) is 4.74 Å². The number of rotatable bonds is 3. The number of urea groups is 1. The number of fused-ring (bicyclic) bond motifs is 1. The molecular weight excluding hydrogens is 232 g/mol. The lowest BCUT2D eigenvalue weighted by atomic mass is 9.98. The predicted octanol–water partition coefficient (Wildman–Crippen LogP) is 1.34. The number of amides is 2. The number of ether oxygens (including phenoxy) is 1. The van der Waals surface area contributed by atoms with Crippen LogP contribution >= 0.6 is 0 Å².